The van der Waals surface area contributed by atoms with Gasteiger partial charge in [0.05, 0.1) is 18.0 Å². The summed E-state index contributed by atoms with van der Waals surface area (Å²) in [6.07, 6.45) is 2.97. The second-order valence-electron chi connectivity index (χ2n) is 5.08. The first-order valence-corrected chi connectivity index (χ1v) is 7.17. The van der Waals surface area contributed by atoms with Crippen LogP contribution >= 0.6 is 0 Å². The Labute approximate surface area is 131 Å². The third-order valence-corrected chi connectivity index (χ3v) is 3.58. The van der Waals surface area contributed by atoms with Crippen LogP contribution in [-0.4, -0.2) is 38.4 Å². The van der Waals surface area contributed by atoms with E-state index in [-0.39, 0.29) is 12.6 Å². The van der Waals surface area contributed by atoms with Gasteiger partial charge in [0, 0.05) is 18.8 Å². The average Bonchev–Trinajstić information content (AvgIpc) is 2.84. The van der Waals surface area contributed by atoms with Crippen molar-refractivity contribution in [3.05, 3.63) is 23.0 Å². The molecule has 23 heavy (non-hydrogen) atoms. The number of primary amides is 1. The zero-order chi connectivity index (χ0) is 16.6. The minimum Gasteiger partial charge on any atom is -0.461 e. The average molecular weight is 316 g/mol. The number of fused-ring (bicyclic) bond motifs is 3. The van der Waals surface area contributed by atoms with Gasteiger partial charge in [0.25, 0.3) is 0 Å². The number of carbonyl (C=O) groups excluding carboxylic acids is 2. The fourth-order valence-corrected chi connectivity index (χ4v) is 2.69. The van der Waals surface area contributed by atoms with Gasteiger partial charge in [0.1, 0.15) is 0 Å². The lowest BCUT2D eigenvalue weighted by molar-refractivity contribution is 0.0517. The molecule has 9 heteroatoms. The van der Waals surface area contributed by atoms with Crippen molar-refractivity contribution in [1.29, 1.82) is 0 Å². The second-order valence-corrected chi connectivity index (χ2v) is 5.08. The lowest BCUT2D eigenvalue weighted by atomic mass is 9.93. The van der Waals surface area contributed by atoms with Crippen LogP contribution in [0, 0.1) is 0 Å². The Hall–Kier alpha value is -2.97. The van der Waals surface area contributed by atoms with Crippen molar-refractivity contribution < 1.29 is 14.3 Å². The monoisotopic (exact) mass is 316 g/mol. The van der Waals surface area contributed by atoms with E-state index >= 15 is 0 Å². The van der Waals surface area contributed by atoms with Crippen LogP contribution in [0.15, 0.2) is 6.20 Å². The Kier molecular flexibility index (Phi) is 3.68. The molecule has 0 aliphatic heterocycles. The molecule has 2 aromatic heterocycles. The van der Waals surface area contributed by atoms with Crippen molar-refractivity contribution in [3.8, 4) is 11.4 Å². The van der Waals surface area contributed by atoms with Crippen LogP contribution < -0.4 is 11.1 Å². The van der Waals surface area contributed by atoms with Crippen molar-refractivity contribution in [1.82, 2.24) is 19.7 Å². The highest BCUT2D eigenvalue weighted by molar-refractivity contribution is 5.92. The molecule has 9 nitrogen and oxygen atoms in total. The second kappa shape index (κ2) is 5.67. The van der Waals surface area contributed by atoms with E-state index in [0.717, 1.165) is 16.8 Å². The maximum absolute atomic E-state index is 12.1. The molecule has 2 aromatic rings. The summed E-state index contributed by atoms with van der Waals surface area (Å²) in [5.41, 5.74) is 8.47. The largest absolute Gasteiger partial charge is 0.461 e. The Morgan fingerprint density at radius 3 is 2.91 bits per heavy atom. The first kappa shape index (κ1) is 14.9. The first-order valence-electron chi connectivity index (χ1n) is 7.17. The summed E-state index contributed by atoms with van der Waals surface area (Å²) in [5, 5.41) is 6.62. The number of aryl methyl sites for hydroxylation is 2. The predicted octanol–water partition coefficient (Wildman–Crippen LogP) is 0.643. The number of nitrogens with two attached hydrogens (primary N) is 1. The van der Waals surface area contributed by atoms with E-state index in [1.54, 1.807) is 24.9 Å². The fraction of sp³-hybridized carbons (Fsp3) is 0.357. The summed E-state index contributed by atoms with van der Waals surface area (Å²) < 4.78 is 6.65. The molecule has 0 atom stereocenters. The number of rotatable bonds is 3. The van der Waals surface area contributed by atoms with Crippen LogP contribution in [0.3, 0.4) is 0 Å². The molecule has 0 spiro atoms. The Balaban J connectivity index is 2.09. The molecule has 1 aliphatic rings. The highest BCUT2D eigenvalue weighted by Crippen LogP contribution is 2.34. The van der Waals surface area contributed by atoms with E-state index in [1.165, 1.54) is 0 Å². The van der Waals surface area contributed by atoms with E-state index in [1.807, 2.05) is 0 Å². The maximum Gasteiger partial charge on any atom is 0.359 e. The molecule has 0 saturated carbocycles. The first-order chi connectivity index (χ1) is 11.0. The van der Waals surface area contributed by atoms with Crippen LogP contribution in [0.4, 0.5) is 10.7 Å². The van der Waals surface area contributed by atoms with Gasteiger partial charge >= 0.3 is 12.0 Å². The van der Waals surface area contributed by atoms with Gasteiger partial charge in [-0.25, -0.2) is 19.6 Å². The van der Waals surface area contributed by atoms with Gasteiger partial charge in [-0.2, -0.15) is 5.10 Å². The van der Waals surface area contributed by atoms with Gasteiger partial charge in [-0.3, -0.25) is 10.00 Å². The summed E-state index contributed by atoms with van der Waals surface area (Å²) in [7, 11) is 1.74. The van der Waals surface area contributed by atoms with Crippen molar-refractivity contribution in [2.75, 3.05) is 11.9 Å². The molecule has 2 heterocycles. The van der Waals surface area contributed by atoms with E-state index in [4.69, 9.17) is 10.5 Å². The number of nitrogens with one attached hydrogen (secondary N) is 1. The van der Waals surface area contributed by atoms with E-state index < -0.39 is 12.0 Å². The third-order valence-electron chi connectivity index (χ3n) is 3.58. The third kappa shape index (κ3) is 2.60. The molecule has 2 amide bonds. The molecule has 1 aliphatic carbocycles. The highest BCUT2D eigenvalue weighted by Gasteiger charge is 2.29. The number of hydrogen-bond donors (Lipinski definition) is 2. The molecule has 0 radical (unpaired) electrons. The van der Waals surface area contributed by atoms with Crippen LogP contribution in [-0.2, 0) is 24.6 Å². The zero-order valence-corrected chi connectivity index (χ0v) is 12.8. The number of carbonyl (C=O) groups is 2. The molecular weight excluding hydrogens is 300 g/mol. The van der Waals surface area contributed by atoms with Gasteiger partial charge in [0.15, 0.2) is 5.69 Å². The standard InChI is InChI=1S/C14H16N6O3/c1-3-23-12(21)10-8-5-4-7-6-16-14(18-13(15)22)17-9(7)11(8)20(2)19-10/h6H,3-5H2,1-2H3,(H3,15,16,17,18,22). The molecule has 0 fully saturated rings. The van der Waals surface area contributed by atoms with Gasteiger partial charge in [-0.15, -0.1) is 0 Å². The number of urea groups is 1. The van der Waals surface area contributed by atoms with E-state index in [2.05, 4.69) is 20.4 Å². The highest BCUT2D eigenvalue weighted by atomic mass is 16.5. The number of aromatic nitrogens is 4. The summed E-state index contributed by atoms with van der Waals surface area (Å²) in [6, 6.07) is -0.738. The Bertz CT molecular complexity index is 798. The molecule has 0 aromatic carbocycles. The van der Waals surface area contributed by atoms with Gasteiger partial charge in [-0.05, 0) is 25.3 Å². The van der Waals surface area contributed by atoms with Crippen LogP contribution in [0.1, 0.15) is 28.5 Å². The van der Waals surface area contributed by atoms with Gasteiger partial charge in [-0.1, -0.05) is 0 Å². The van der Waals surface area contributed by atoms with Crippen molar-refractivity contribution >= 4 is 17.9 Å². The summed E-state index contributed by atoms with van der Waals surface area (Å²) in [4.78, 5) is 31.4. The van der Waals surface area contributed by atoms with Crippen molar-refractivity contribution in [3.63, 3.8) is 0 Å². The normalized spacial score (nSPS) is 12.3. The molecule has 0 bridgehead atoms. The zero-order valence-electron chi connectivity index (χ0n) is 12.8. The Morgan fingerprint density at radius 1 is 1.43 bits per heavy atom. The summed E-state index contributed by atoms with van der Waals surface area (Å²) >= 11 is 0. The summed E-state index contributed by atoms with van der Waals surface area (Å²) in [6.45, 7) is 2.03. The molecule has 120 valence electrons. The lowest BCUT2D eigenvalue weighted by Crippen LogP contribution is -2.21. The number of nitrogens with zero attached hydrogens (tertiary/aromatic N) is 4. The van der Waals surface area contributed by atoms with Crippen LogP contribution in [0.5, 0.6) is 0 Å². The number of hydrogen-bond acceptors (Lipinski definition) is 6. The van der Waals surface area contributed by atoms with Crippen molar-refractivity contribution in [2.45, 2.75) is 19.8 Å². The van der Waals surface area contributed by atoms with E-state index in [9.17, 15) is 9.59 Å². The lowest BCUT2D eigenvalue weighted by Gasteiger charge is -2.17. The van der Waals surface area contributed by atoms with Crippen molar-refractivity contribution in [2.24, 2.45) is 12.8 Å². The number of anilines is 1. The minimum absolute atomic E-state index is 0.114. The molecule has 3 N–H and O–H groups in total. The topological polar surface area (TPSA) is 125 Å². The fourth-order valence-electron chi connectivity index (χ4n) is 2.69. The van der Waals surface area contributed by atoms with Crippen LogP contribution in [0.25, 0.3) is 11.4 Å². The maximum atomic E-state index is 12.1. The quantitative estimate of drug-likeness (QED) is 0.801. The molecule has 0 unspecified atom stereocenters. The molecule has 3 rings (SSSR count). The SMILES string of the molecule is CCOC(=O)c1nn(C)c2c1CCc1cnc(NC(N)=O)nc1-2. The number of ether oxygens (including phenoxy) is 1. The number of amides is 2. The summed E-state index contributed by atoms with van der Waals surface area (Å²) in [5.74, 6) is -0.333. The number of esters is 1. The van der Waals surface area contributed by atoms with Crippen LogP contribution in [0.2, 0.25) is 0 Å². The molecular formula is C14H16N6O3. The van der Waals surface area contributed by atoms with E-state index in [0.29, 0.717) is 24.2 Å². The van der Waals surface area contributed by atoms with Gasteiger partial charge < -0.3 is 10.5 Å². The minimum atomic E-state index is -0.738. The Morgan fingerprint density at radius 2 is 2.22 bits per heavy atom. The predicted molar refractivity (Wildman–Crippen MR) is 80.8 cm³/mol. The van der Waals surface area contributed by atoms with Gasteiger partial charge in [0.2, 0.25) is 5.95 Å². The molecule has 0 saturated heterocycles. The smallest absolute Gasteiger partial charge is 0.359 e.